The van der Waals surface area contributed by atoms with Gasteiger partial charge in [0.25, 0.3) is 0 Å². The molecular formula is C21H28N4O2. The lowest BCUT2D eigenvalue weighted by atomic mass is 10.0. The number of carbonyl (C=O) groups excluding carboxylic acids is 2. The minimum absolute atomic E-state index is 0.0284. The highest BCUT2D eigenvalue weighted by Gasteiger charge is 2.36. The van der Waals surface area contributed by atoms with Crippen LogP contribution in [0.15, 0.2) is 18.2 Å². The number of anilines is 1. The average Bonchev–Trinajstić information content (AvgIpc) is 3.18. The van der Waals surface area contributed by atoms with Gasteiger partial charge < -0.3 is 10.2 Å². The number of hydrogen-bond acceptors (Lipinski definition) is 3. The molecular weight excluding hydrogens is 340 g/mol. The Morgan fingerprint density at radius 2 is 2.11 bits per heavy atom. The van der Waals surface area contributed by atoms with Crippen molar-refractivity contribution < 1.29 is 9.59 Å². The van der Waals surface area contributed by atoms with E-state index in [1.54, 1.807) is 4.90 Å². The lowest BCUT2D eigenvalue weighted by Crippen LogP contribution is -2.34. The van der Waals surface area contributed by atoms with Crippen LogP contribution in [-0.2, 0) is 22.4 Å². The lowest BCUT2D eigenvalue weighted by molar-refractivity contribution is -0.126. The quantitative estimate of drug-likeness (QED) is 0.823. The van der Waals surface area contributed by atoms with E-state index in [2.05, 4.69) is 28.5 Å². The smallest absolute Gasteiger partial charge is 0.227 e. The molecule has 2 amide bonds. The van der Waals surface area contributed by atoms with E-state index in [1.165, 1.54) is 0 Å². The first kappa shape index (κ1) is 19.1. The second kappa shape index (κ2) is 7.94. The van der Waals surface area contributed by atoms with Gasteiger partial charge in [0.2, 0.25) is 11.8 Å². The van der Waals surface area contributed by atoms with Gasteiger partial charge >= 0.3 is 0 Å². The molecule has 1 unspecified atom stereocenters. The van der Waals surface area contributed by atoms with Crippen LogP contribution in [0.4, 0.5) is 5.69 Å². The summed E-state index contributed by atoms with van der Waals surface area (Å²) < 4.78 is 0. The summed E-state index contributed by atoms with van der Waals surface area (Å²) in [6.45, 7) is 9.05. The molecule has 1 atom stereocenters. The number of rotatable bonds is 6. The average molecular weight is 368 g/mol. The number of aromatic nitrogens is 2. The van der Waals surface area contributed by atoms with E-state index in [0.717, 1.165) is 46.6 Å². The molecule has 1 fully saturated rings. The zero-order valence-electron chi connectivity index (χ0n) is 16.6. The van der Waals surface area contributed by atoms with Crippen molar-refractivity contribution in [3.8, 4) is 0 Å². The van der Waals surface area contributed by atoms with Gasteiger partial charge in [-0.2, -0.15) is 5.10 Å². The second-order valence-electron chi connectivity index (χ2n) is 7.30. The van der Waals surface area contributed by atoms with Crippen molar-refractivity contribution in [1.82, 2.24) is 15.5 Å². The highest BCUT2D eigenvalue weighted by Crippen LogP contribution is 2.31. The summed E-state index contributed by atoms with van der Waals surface area (Å²) in [5.41, 5.74) is 6.35. The Balaban J connectivity index is 1.63. The van der Waals surface area contributed by atoms with Gasteiger partial charge in [-0.1, -0.05) is 25.1 Å². The Morgan fingerprint density at radius 3 is 2.78 bits per heavy atom. The van der Waals surface area contributed by atoms with Gasteiger partial charge in [0, 0.05) is 30.9 Å². The third-order valence-electron chi connectivity index (χ3n) is 5.42. The first-order valence-corrected chi connectivity index (χ1v) is 9.59. The number of para-hydroxylation sites is 1. The molecule has 1 aromatic carbocycles. The molecule has 1 aliphatic rings. The fourth-order valence-corrected chi connectivity index (χ4v) is 3.89. The summed E-state index contributed by atoms with van der Waals surface area (Å²) in [6, 6.07) is 6.09. The van der Waals surface area contributed by atoms with Crippen molar-refractivity contribution in [2.24, 2.45) is 5.92 Å². The number of benzene rings is 1. The molecule has 1 saturated heterocycles. The third-order valence-corrected chi connectivity index (χ3v) is 5.42. The lowest BCUT2D eigenvalue weighted by Gasteiger charge is -2.22. The summed E-state index contributed by atoms with van der Waals surface area (Å²) in [6.07, 6.45) is 1.87. The van der Waals surface area contributed by atoms with Crippen molar-refractivity contribution in [3.05, 3.63) is 46.3 Å². The van der Waals surface area contributed by atoms with Crippen molar-refractivity contribution in [2.45, 2.75) is 47.0 Å². The Bertz CT molecular complexity index is 836. The van der Waals surface area contributed by atoms with Crippen LogP contribution in [0.3, 0.4) is 0 Å². The minimum atomic E-state index is -0.298. The van der Waals surface area contributed by atoms with E-state index < -0.39 is 0 Å². The van der Waals surface area contributed by atoms with Crippen LogP contribution in [0.25, 0.3) is 0 Å². The summed E-state index contributed by atoms with van der Waals surface area (Å²) in [5, 5.41) is 10.1. The number of amides is 2. The molecule has 0 radical (unpaired) electrons. The molecule has 0 aliphatic carbocycles. The van der Waals surface area contributed by atoms with Crippen molar-refractivity contribution in [3.63, 3.8) is 0 Å². The van der Waals surface area contributed by atoms with E-state index >= 15 is 0 Å². The molecule has 6 heteroatoms. The van der Waals surface area contributed by atoms with E-state index in [4.69, 9.17) is 0 Å². The highest BCUT2D eigenvalue weighted by atomic mass is 16.2. The number of nitrogens with one attached hydrogen (secondary N) is 2. The minimum Gasteiger partial charge on any atom is -0.355 e. The van der Waals surface area contributed by atoms with Crippen LogP contribution in [-0.4, -0.2) is 35.1 Å². The molecule has 2 heterocycles. The molecule has 0 bridgehead atoms. The zero-order chi connectivity index (χ0) is 19.6. The molecule has 2 N–H and O–H groups in total. The summed E-state index contributed by atoms with van der Waals surface area (Å²) in [7, 11) is 0. The van der Waals surface area contributed by atoms with E-state index in [-0.39, 0.29) is 24.2 Å². The van der Waals surface area contributed by atoms with Crippen molar-refractivity contribution in [2.75, 3.05) is 18.0 Å². The second-order valence-corrected chi connectivity index (χ2v) is 7.30. The van der Waals surface area contributed by atoms with Crippen LogP contribution < -0.4 is 10.2 Å². The van der Waals surface area contributed by atoms with Gasteiger partial charge in [0.05, 0.1) is 11.6 Å². The maximum atomic E-state index is 12.6. The first-order valence-electron chi connectivity index (χ1n) is 9.59. The first-order chi connectivity index (χ1) is 12.9. The molecule has 1 aliphatic heterocycles. The van der Waals surface area contributed by atoms with E-state index in [9.17, 15) is 9.59 Å². The largest absolute Gasteiger partial charge is 0.355 e. The fourth-order valence-electron chi connectivity index (χ4n) is 3.89. The molecule has 0 saturated carbocycles. The molecule has 27 heavy (non-hydrogen) atoms. The van der Waals surface area contributed by atoms with Crippen molar-refractivity contribution >= 4 is 17.5 Å². The molecule has 0 spiro atoms. The monoisotopic (exact) mass is 368 g/mol. The zero-order valence-corrected chi connectivity index (χ0v) is 16.6. The Labute approximate surface area is 160 Å². The molecule has 2 aromatic rings. The number of H-pyrrole nitrogens is 1. The van der Waals surface area contributed by atoms with Gasteiger partial charge in [0.1, 0.15) is 0 Å². The van der Waals surface area contributed by atoms with E-state index in [0.29, 0.717) is 13.1 Å². The van der Waals surface area contributed by atoms with E-state index in [1.807, 2.05) is 32.9 Å². The topological polar surface area (TPSA) is 78.1 Å². The number of carbonyl (C=O) groups is 2. The fraction of sp³-hybridized carbons (Fsp3) is 0.476. The summed E-state index contributed by atoms with van der Waals surface area (Å²) in [5.74, 6) is -0.315. The van der Waals surface area contributed by atoms with Crippen LogP contribution in [0, 0.1) is 26.7 Å². The van der Waals surface area contributed by atoms with Gasteiger partial charge in [-0.25, -0.2) is 0 Å². The normalized spacial score (nSPS) is 16.8. The Morgan fingerprint density at radius 1 is 1.33 bits per heavy atom. The number of nitrogens with zero attached hydrogens (tertiary/aromatic N) is 2. The molecule has 6 nitrogen and oxygen atoms in total. The number of hydrogen-bond donors (Lipinski definition) is 2. The Kier molecular flexibility index (Phi) is 5.63. The molecule has 144 valence electrons. The highest BCUT2D eigenvalue weighted by molar-refractivity contribution is 6.01. The SMILES string of the molecule is CCc1cccc(C)c1N1CC(C(=O)NCCc2c(C)n[nH]c2C)CC1=O. The van der Waals surface area contributed by atoms with Gasteiger partial charge in [-0.3, -0.25) is 14.7 Å². The number of aryl methyl sites for hydroxylation is 4. The standard InChI is InChI=1S/C21H28N4O2/c1-5-16-8-6-7-13(2)20(16)25-12-17(11-19(25)26)21(27)22-10-9-18-14(3)23-24-15(18)4/h6-8,17H,5,9-12H2,1-4H3,(H,22,27)(H,23,24). The number of aromatic amines is 1. The van der Waals surface area contributed by atoms with Crippen LogP contribution in [0.5, 0.6) is 0 Å². The maximum absolute atomic E-state index is 12.6. The van der Waals surface area contributed by atoms with Gasteiger partial charge in [0.15, 0.2) is 0 Å². The molecule has 3 rings (SSSR count). The predicted molar refractivity (Wildman–Crippen MR) is 106 cm³/mol. The summed E-state index contributed by atoms with van der Waals surface area (Å²) >= 11 is 0. The maximum Gasteiger partial charge on any atom is 0.227 e. The van der Waals surface area contributed by atoms with Gasteiger partial charge in [-0.15, -0.1) is 0 Å². The van der Waals surface area contributed by atoms with Crippen LogP contribution in [0.2, 0.25) is 0 Å². The predicted octanol–water partition coefficient (Wildman–Crippen LogP) is 2.61. The van der Waals surface area contributed by atoms with Crippen LogP contribution >= 0.6 is 0 Å². The molecule has 1 aromatic heterocycles. The van der Waals surface area contributed by atoms with Gasteiger partial charge in [-0.05, 0) is 50.3 Å². The van der Waals surface area contributed by atoms with Crippen LogP contribution in [0.1, 0.15) is 41.4 Å². The van der Waals surface area contributed by atoms with Crippen molar-refractivity contribution in [1.29, 1.82) is 0 Å². The Hall–Kier alpha value is -2.63. The third kappa shape index (κ3) is 3.89. The summed E-state index contributed by atoms with van der Waals surface area (Å²) in [4.78, 5) is 27.0.